The number of aromatic nitrogens is 6. The van der Waals surface area contributed by atoms with Crippen molar-refractivity contribution in [1.82, 2.24) is 29.7 Å². The molecule has 0 aliphatic carbocycles. The molecule has 0 aliphatic heterocycles. The topological polar surface area (TPSA) is 81.4 Å². The van der Waals surface area contributed by atoms with E-state index in [2.05, 4.69) is 37.3 Å². The molecule has 21 heavy (non-hydrogen) atoms. The van der Waals surface area contributed by atoms with Crippen LogP contribution in [-0.2, 0) is 0 Å². The van der Waals surface area contributed by atoms with Crippen molar-refractivity contribution < 1.29 is 0 Å². The van der Waals surface area contributed by atoms with Crippen LogP contribution < -0.4 is 5.32 Å². The molecule has 0 saturated heterocycles. The Balaban J connectivity index is 1.74. The maximum Gasteiger partial charge on any atom is 0.256 e. The smallest absolute Gasteiger partial charge is 0.256 e. The van der Waals surface area contributed by atoms with Gasteiger partial charge in [0.1, 0.15) is 0 Å². The van der Waals surface area contributed by atoms with Gasteiger partial charge in [-0.05, 0) is 17.7 Å². The van der Waals surface area contributed by atoms with Crippen LogP contribution in [0.1, 0.15) is 17.8 Å². The Labute approximate surface area is 130 Å². The molecule has 0 aliphatic rings. The van der Waals surface area contributed by atoms with Gasteiger partial charge >= 0.3 is 0 Å². The second-order valence-corrected chi connectivity index (χ2v) is 5.60. The van der Waals surface area contributed by atoms with E-state index >= 15 is 0 Å². The average molecular weight is 322 g/mol. The van der Waals surface area contributed by atoms with Gasteiger partial charge in [0, 0.05) is 36.4 Å². The first-order chi connectivity index (χ1) is 10.2. The van der Waals surface area contributed by atoms with Crippen LogP contribution in [0.3, 0.4) is 0 Å². The summed E-state index contributed by atoms with van der Waals surface area (Å²) in [6.07, 6.45) is 5.19. The fourth-order valence-electron chi connectivity index (χ4n) is 1.72. The fourth-order valence-corrected chi connectivity index (χ4v) is 2.57. The zero-order valence-electron chi connectivity index (χ0n) is 11.1. The van der Waals surface area contributed by atoms with Crippen molar-refractivity contribution in [3.8, 4) is 5.95 Å². The monoisotopic (exact) mass is 321 g/mol. The Bertz CT molecular complexity index is 698. The molecule has 9 heteroatoms. The number of nitrogens with one attached hydrogen (secondary N) is 1. The molecule has 0 saturated carbocycles. The van der Waals surface area contributed by atoms with E-state index in [0.717, 1.165) is 5.01 Å². The minimum absolute atomic E-state index is 0.125. The van der Waals surface area contributed by atoms with Crippen LogP contribution in [0.4, 0.5) is 5.95 Å². The Kier molecular flexibility index (Phi) is 4.07. The molecule has 3 aromatic heterocycles. The van der Waals surface area contributed by atoms with E-state index in [1.807, 2.05) is 5.38 Å². The van der Waals surface area contributed by atoms with Crippen molar-refractivity contribution in [3.05, 3.63) is 40.3 Å². The number of hydrogen-bond acceptors (Lipinski definition) is 7. The van der Waals surface area contributed by atoms with Crippen LogP contribution in [0.2, 0.25) is 5.28 Å². The molecular formula is C12H12ClN7S. The lowest BCUT2D eigenvalue weighted by molar-refractivity contribution is 0.769. The summed E-state index contributed by atoms with van der Waals surface area (Å²) in [7, 11) is 0. The van der Waals surface area contributed by atoms with Crippen LogP contribution in [0, 0.1) is 0 Å². The summed E-state index contributed by atoms with van der Waals surface area (Å²) in [6.45, 7) is 2.75. The quantitative estimate of drug-likeness (QED) is 0.777. The van der Waals surface area contributed by atoms with Crippen LogP contribution in [-0.4, -0.2) is 36.3 Å². The fraction of sp³-hybridized carbons (Fsp3) is 0.250. The molecule has 7 nitrogen and oxygen atoms in total. The number of hydrogen-bond donors (Lipinski definition) is 1. The van der Waals surface area contributed by atoms with E-state index < -0.39 is 0 Å². The van der Waals surface area contributed by atoms with Gasteiger partial charge in [-0.25, -0.2) is 9.67 Å². The van der Waals surface area contributed by atoms with E-state index in [4.69, 9.17) is 11.6 Å². The number of nitrogens with zero attached hydrogens (tertiary/aromatic N) is 6. The van der Waals surface area contributed by atoms with E-state index in [1.165, 1.54) is 4.68 Å². The molecule has 3 rings (SSSR count). The van der Waals surface area contributed by atoms with E-state index in [0.29, 0.717) is 18.4 Å². The highest BCUT2D eigenvalue weighted by Crippen LogP contribution is 2.18. The van der Waals surface area contributed by atoms with Gasteiger partial charge in [-0.3, -0.25) is 0 Å². The Hall–Kier alpha value is -2.06. The van der Waals surface area contributed by atoms with Crippen molar-refractivity contribution in [1.29, 1.82) is 0 Å². The number of thiazole rings is 1. The van der Waals surface area contributed by atoms with E-state index in [9.17, 15) is 0 Å². The molecule has 108 valence electrons. The minimum Gasteiger partial charge on any atom is -0.353 e. The third kappa shape index (κ3) is 3.34. The van der Waals surface area contributed by atoms with Crippen molar-refractivity contribution in [2.24, 2.45) is 0 Å². The molecule has 0 amide bonds. The Morgan fingerprint density at radius 3 is 2.95 bits per heavy atom. The lowest BCUT2D eigenvalue weighted by Gasteiger charge is -2.10. The molecule has 0 radical (unpaired) electrons. The Morgan fingerprint density at radius 1 is 1.33 bits per heavy atom. The summed E-state index contributed by atoms with van der Waals surface area (Å²) in [5.41, 5.74) is 0. The van der Waals surface area contributed by atoms with Gasteiger partial charge in [-0.1, -0.05) is 6.92 Å². The van der Waals surface area contributed by atoms with Crippen molar-refractivity contribution in [2.75, 3.05) is 11.9 Å². The zero-order valence-corrected chi connectivity index (χ0v) is 12.7. The molecule has 0 aromatic carbocycles. The largest absolute Gasteiger partial charge is 0.353 e. The first-order valence-corrected chi connectivity index (χ1v) is 7.53. The lowest BCUT2D eigenvalue weighted by Crippen LogP contribution is -2.14. The van der Waals surface area contributed by atoms with Gasteiger partial charge in [0.2, 0.25) is 11.2 Å². The molecule has 1 N–H and O–H groups in total. The molecule has 0 bridgehead atoms. The maximum atomic E-state index is 5.93. The van der Waals surface area contributed by atoms with Gasteiger partial charge in [0.15, 0.2) is 0 Å². The maximum absolute atomic E-state index is 5.93. The molecular weight excluding hydrogens is 310 g/mol. The van der Waals surface area contributed by atoms with Crippen molar-refractivity contribution in [2.45, 2.75) is 12.8 Å². The number of halogens is 1. The van der Waals surface area contributed by atoms with Crippen LogP contribution in [0.25, 0.3) is 5.95 Å². The molecule has 3 aromatic rings. The standard InChI is InChI=1S/C12H12ClN7S/c1-8(9-14-4-6-21-9)7-15-11-17-10(13)18-12(19-11)20-5-2-3-16-20/h2-6,8H,7H2,1H3,(H,15,17,18,19). The highest BCUT2D eigenvalue weighted by atomic mass is 35.5. The highest BCUT2D eigenvalue weighted by Gasteiger charge is 2.11. The van der Waals surface area contributed by atoms with Crippen molar-refractivity contribution in [3.63, 3.8) is 0 Å². The second kappa shape index (κ2) is 6.15. The normalized spacial score (nSPS) is 12.3. The second-order valence-electron chi connectivity index (χ2n) is 4.33. The molecule has 1 atom stereocenters. The summed E-state index contributed by atoms with van der Waals surface area (Å²) >= 11 is 7.55. The summed E-state index contributed by atoms with van der Waals surface area (Å²) in [6, 6.07) is 1.79. The summed E-state index contributed by atoms with van der Waals surface area (Å²) in [4.78, 5) is 16.7. The third-order valence-electron chi connectivity index (χ3n) is 2.74. The summed E-state index contributed by atoms with van der Waals surface area (Å²) < 4.78 is 1.53. The molecule has 0 fully saturated rings. The van der Waals surface area contributed by atoms with Gasteiger partial charge in [0.05, 0.1) is 5.01 Å². The molecule has 0 spiro atoms. The average Bonchev–Trinajstić information content (AvgIpc) is 3.16. The SMILES string of the molecule is CC(CNc1nc(Cl)nc(-n2cccn2)n1)c1nccs1. The lowest BCUT2D eigenvalue weighted by atomic mass is 10.2. The van der Waals surface area contributed by atoms with Gasteiger partial charge in [-0.2, -0.15) is 20.1 Å². The van der Waals surface area contributed by atoms with Gasteiger partial charge in [0.25, 0.3) is 5.95 Å². The number of rotatable bonds is 5. The van der Waals surface area contributed by atoms with Gasteiger partial charge < -0.3 is 5.32 Å². The third-order valence-corrected chi connectivity index (χ3v) is 3.92. The van der Waals surface area contributed by atoms with Gasteiger partial charge in [-0.15, -0.1) is 11.3 Å². The van der Waals surface area contributed by atoms with Crippen molar-refractivity contribution >= 4 is 28.9 Å². The summed E-state index contributed by atoms with van der Waals surface area (Å²) in [5.74, 6) is 1.06. The van der Waals surface area contributed by atoms with Crippen LogP contribution in [0.15, 0.2) is 30.0 Å². The first-order valence-electron chi connectivity index (χ1n) is 6.27. The first kappa shape index (κ1) is 13.9. The predicted molar refractivity (Wildman–Crippen MR) is 81.0 cm³/mol. The van der Waals surface area contributed by atoms with Crippen LogP contribution in [0.5, 0.6) is 0 Å². The highest BCUT2D eigenvalue weighted by molar-refractivity contribution is 7.09. The van der Waals surface area contributed by atoms with Crippen LogP contribution >= 0.6 is 22.9 Å². The van der Waals surface area contributed by atoms with E-state index in [1.54, 1.807) is 36.0 Å². The molecule has 1 unspecified atom stereocenters. The minimum atomic E-state index is 0.125. The van der Waals surface area contributed by atoms with E-state index in [-0.39, 0.29) is 11.2 Å². The molecule has 3 heterocycles. The summed E-state index contributed by atoms with van der Waals surface area (Å²) in [5, 5.41) is 10.4. The zero-order chi connectivity index (χ0) is 14.7. The Morgan fingerprint density at radius 2 is 2.24 bits per heavy atom. The predicted octanol–water partition coefficient (Wildman–Crippen LogP) is 2.38. The number of anilines is 1.